The molecule has 0 saturated heterocycles. The summed E-state index contributed by atoms with van der Waals surface area (Å²) in [5.74, 6) is 0.214. The van der Waals surface area contributed by atoms with Crippen LogP contribution in [0.3, 0.4) is 0 Å². The van der Waals surface area contributed by atoms with Gasteiger partial charge in [-0.15, -0.1) is 0 Å². The Morgan fingerprint density at radius 3 is 2.15 bits per heavy atom. The topological polar surface area (TPSA) is 84.0 Å². The fraction of sp³-hybridized carbons (Fsp3) is 0.200. The van der Waals surface area contributed by atoms with E-state index in [1.54, 1.807) is 18.2 Å². The lowest BCUT2D eigenvalue weighted by atomic mass is 10.0. The molecular formula is C25H24NO6P. The van der Waals surface area contributed by atoms with Crippen LogP contribution in [0.15, 0.2) is 54.6 Å². The van der Waals surface area contributed by atoms with Gasteiger partial charge in [0.1, 0.15) is 11.5 Å². The molecule has 0 aliphatic carbocycles. The van der Waals surface area contributed by atoms with E-state index in [0.29, 0.717) is 33.1 Å². The highest BCUT2D eigenvalue weighted by Crippen LogP contribution is 2.48. The first-order valence-electron chi connectivity index (χ1n) is 10.3. The number of phosphoric acid groups is 1. The number of rotatable bonds is 6. The molecular weight excluding hydrogens is 441 g/mol. The van der Waals surface area contributed by atoms with E-state index in [-0.39, 0.29) is 5.75 Å². The van der Waals surface area contributed by atoms with Gasteiger partial charge in [-0.05, 0) is 56.2 Å². The molecule has 33 heavy (non-hydrogen) atoms. The number of phosphoric ester groups is 1. The van der Waals surface area contributed by atoms with Crippen molar-refractivity contribution in [1.29, 1.82) is 0 Å². The van der Waals surface area contributed by atoms with E-state index in [1.165, 1.54) is 14.2 Å². The second kappa shape index (κ2) is 8.94. The Morgan fingerprint density at radius 2 is 1.48 bits per heavy atom. The lowest BCUT2D eigenvalue weighted by Crippen LogP contribution is -2.12. The van der Waals surface area contributed by atoms with Gasteiger partial charge in [0.25, 0.3) is 0 Å². The zero-order chi connectivity index (χ0) is 23.8. The molecule has 0 aliphatic rings. The Morgan fingerprint density at radius 1 is 0.848 bits per heavy atom. The number of hydrogen-bond acceptors (Lipinski definition) is 7. The van der Waals surface area contributed by atoms with Crippen LogP contribution in [-0.4, -0.2) is 25.2 Å². The minimum Gasteiger partial charge on any atom is -0.422 e. The molecule has 7 nitrogen and oxygen atoms in total. The van der Waals surface area contributed by atoms with Crippen LogP contribution in [0.4, 0.5) is 0 Å². The van der Waals surface area contributed by atoms with Crippen LogP contribution < -0.4 is 9.26 Å². The predicted octanol–water partition coefficient (Wildman–Crippen LogP) is 6.31. The summed E-state index contributed by atoms with van der Waals surface area (Å²) in [5, 5.41) is 1.13. The molecule has 1 heterocycles. The third-order valence-corrected chi connectivity index (χ3v) is 6.65. The number of nitrogens with zero attached hydrogens (tertiary/aromatic N) is 1. The quantitative estimate of drug-likeness (QED) is 0.143. The molecule has 0 atom stereocenters. The Bertz CT molecular complexity index is 1400. The van der Waals surface area contributed by atoms with Crippen LogP contribution in [0.5, 0.6) is 11.5 Å². The molecule has 170 valence electrons. The van der Waals surface area contributed by atoms with Crippen molar-refractivity contribution in [3.8, 4) is 11.5 Å². The maximum Gasteiger partial charge on any atom is 0.529 e. The van der Waals surface area contributed by atoms with E-state index in [0.717, 1.165) is 16.7 Å². The summed E-state index contributed by atoms with van der Waals surface area (Å²) < 4.78 is 33.6. The Hall–Kier alpha value is -3.25. The zero-order valence-corrected chi connectivity index (χ0v) is 19.9. The van der Waals surface area contributed by atoms with Gasteiger partial charge in [0.15, 0.2) is 0 Å². The number of benzene rings is 3. The fourth-order valence-electron chi connectivity index (χ4n) is 3.90. The van der Waals surface area contributed by atoms with Gasteiger partial charge in [-0.1, -0.05) is 35.9 Å². The smallest absolute Gasteiger partial charge is 0.422 e. The molecule has 0 fully saturated rings. The molecule has 0 saturated carbocycles. The SMILES string of the molecule is COP(=O)(OC)Oc1ccc2nc3ccccc3c(C(=O)Oc3c(C)cc(C)cc3C)c2c1. The van der Waals surface area contributed by atoms with E-state index in [4.69, 9.17) is 18.3 Å². The van der Waals surface area contributed by atoms with E-state index in [9.17, 15) is 9.36 Å². The Kier molecular flexibility index (Phi) is 6.21. The number of aromatic nitrogens is 1. The number of carbonyl (C=O) groups excluding carboxylic acids is 1. The number of para-hydroxylation sites is 1. The normalized spacial score (nSPS) is 11.7. The summed E-state index contributed by atoms with van der Waals surface area (Å²) in [6.07, 6.45) is 0. The lowest BCUT2D eigenvalue weighted by molar-refractivity contribution is 0.0736. The highest BCUT2D eigenvalue weighted by Gasteiger charge is 2.26. The molecule has 0 bridgehead atoms. The molecule has 1 aromatic heterocycles. The van der Waals surface area contributed by atoms with Crippen LogP contribution in [0.1, 0.15) is 27.0 Å². The summed E-state index contributed by atoms with van der Waals surface area (Å²) in [7, 11) is -1.31. The number of aryl methyl sites for hydroxylation is 3. The van der Waals surface area contributed by atoms with Crippen LogP contribution in [-0.2, 0) is 13.6 Å². The third-order valence-electron chi connectivity index (χ3n) is 5.32. The minimum atomic E-state index is -3.78. The second-order valence-electron chi connectivity index (χ2n) is 7.70. The fourth-order valence-corrected chi connectivity index (χ4v) is 4.57. The summed E-state index contributed by atoms with van der Waals surface area (Å²) in [6.45, 7) is 5.81. The van der Waals surface area contributed by atoms with E-state index < -0.39 is 13.8 Å². The molecule has 8 heteroatoms. The highest BCUT2D eigenvalue weighted by molar-refractivity contribution is 7.48. The summed E-state index contributed by atoms with van der Waals surface area (Å²) in [5.41, 5.74) is 4.39. The zero-order valence-electron chi connectivity index (χ0n) is 19.0. The summed E-state index contributed by atoms with van der Waals surface area (Å²) in [6, 6.07) is 16.1. The van der Waals surface area contributed by atoms with Crippen molar-refractivity contribution in [1.82, 2.24) is 4.98 Å². The van der Waals surface area contributed by atoms with Gasteiger partial charge >= 0.3 is 13.8 Å². The van der Waals surface area contributed by atoms with Crippen LogP contribution in [0.2, 0.25) is 0 Å². The lowest BCUT2D eigenvalue weighted by Gasteiger charge is -2.16. The van der Waals surface area contributed by atoms with Gasteiger partial charge in [-0.3, -0.25) is 9.05 Å². The van der Waals surface area contributed by atoms with Crippen molar-refractivity contribution in [2.24, 2.45) is 0 Å². The number of hydrogen-bond donors (Lipinski definition) is 0. The Labute approximate surface area is 191 Å². The molecule has 0 aliphatic heterocycles. The van der Waals surface area contributed by atoms with E-state index in [2.05, 4.69) is 4.98 Å². The van der Waals surface area contributed by atoms with Gasteiger partial charge in [-0.25, -0.2) is 14.3 Å². The predicted molar refractivity (Wildman–Crippen MR) is 127 cm³/mol. The van der Waals surface area contributed by atoms with Gasteiger partial charge in [0, 0.05) is 25.0 Å². The molecule has 0 spiro atoms. The standard InChI is InChI=1S/C25H24NO6P/c1-15-12-16(2)24(17(3)13-15)31-25(27)23-19-8-6-7-9-21(19)26-22-11-10-18(14-20(22)23)32-33(28,29-4)30-5/h6-14H,1-5H3. The van der Waals surface area contributed by atoms with Crippen molar-refractivity contribution in [3.05, 3.63) is 76.9 Å². The van der Waals surface area contributed by atoms with Gasteiger partial charge in [0.05, 0.1) is 16.6 Å². The van der Waals surface area contributed by atoms with Crippen molar-refractivity contribution in [3.63, 3.8) is 0 Å². The maximum absolute atomic E-state index is 13.5. The van der Waals surface area contributed by atoms with Crippen molar-refractivity contribution in [2.45, 2.75) is 20.8 Å². The minimum absolute atomic E-state index is 0.211. The molecule has 0 amide bonds. The highest BCUT2D eigenvalue weighted by atomic mass is 31.2. The van der Waals surface area contributed by atoms with Crippen LogP contribution >= 0.6 is 7.82 Å². The average Bonchev–Trinajstić information content (AvgIpc) is 2.79. The summed E-state index contributed by atoms with van der Waals surface area (Å²) in [4.78, 5) is 18.2. The van der Waals surface area contributed by atoms with E-state index in [1.807, 2.05) is 57.2 Å². The average molecular weight is 465 g/mol. The largest absolute Gasteiger partial charge is 0.529 e. The van der Waals surface area contributed by atoms with Crippen LogP contribution in [0, 0.1) is 20.8 Å². The first-order chi connectivity index (χ1) is 15.7. The first-order valence-corrected chi connectivity index (χ1v) is 11.7. The monoisotopic (exact) mass is 465 g/mol. The van der Waals surface area contributed by atoms with Crippen molar-refractivity contribution < 1.29 is 27.7 Å². The van der Waals surface area contributed by atoms with Crippen molar-refractivity contribution in [2.75, 3.05) is 14.2 Å². The molecule has 3 aromatic carbocycles. The molecule has 4 rings (SSSR count). The molecule has 0 N–H and O–H groups in total. The van der Waals surface area contributed by atoms with Crippen LogP contribution in [0.25, 0.3) is 21.8 Å². The van der Waals surface area contributed by atoms with E-state index >= 15 is 0 Å². The maximum atomic E-state index is 13.5. The van der Waals surface area contributed by atoms with Gasteiger partial charge < -0.3 is 9.26 Å². The number of esters is 1. The van der Waals surface area contributed by atoms with Gasteiger partial charge in [0.2, 0.25) is 0 Å². The number of pyridine rings is 1. The van der Waals surface area contributed by atoms with Gasteiger partial charge in [-0.2, -0.15) is 0 Å². The van der Waals surface area contributed by atoms with Crippen molar-refractivity contribution >= 4 is 35.6 Å². The number of ether oxygens (including phenoxy) is 1. The summed E-state index contributed by atoms with van der Waals surface area (Å²) >= 11 is 0. The second-order valence-corrected chi connectivity index (χ2v) is 9.51. The Balaban J connectivity index is 1.89. The first kappa shape index (κ1) is 22.9. The number of carbonyl (C=O) groups is 1. The molecule has 0 unspecified atom stereocenters. The molecule has 0 radical (unpaired) electrons. The molecule has 4 aromatic rings. The number of fused-ring (bicyclic) bond motifs is 2. The third kappa shape index (κ3) is 4.48.